The quantitative estimate of drug-likeness (QED) is 0.825. The number of nitrogens with one attached hydrogen (secondary N) is 1. The fourth-order valence-electron chi connectivity index (χ4n) is 3.95. The fourth-order valence-corrected chi connectivity index (χ4v) is 4.21. The van der Waals surface area contributed by atoms with Gasteiger partial charge in [0.1, 0.15) is 0 Å². The number of halogens is 1. The summed E-state index contributed by atoms with van der Waals surface area (Å²) in [5.41, 5.74) is 1.07. The third-order valence-corrected chi connectivity index (χ3v) is 5.90. The maximum Gasteiger partial charge on any atom is 0.234 e. The van der Waals surface area contributed by atoms with Gasteiger partial charge in [0, 0.05) is 36.2 Å². The lowest BCUT2D eigenvalue weighted by atomic mass is 10.0. The fraction of sp³-hybridized carbons (Fsp3) is 0.650. The minimum atomic E-state index is -0.0629. The topological polar surface area (TPSA) is 44.8 Å². The van der Waals surface area contributed by atoms with Crippen LogP contribution in [0.5, 0.6) is 0 Å². The molecule has 3 rings (SSSR count). The Morgan fingerprint density at radius 2 is 2.00 bits per heavy atom. The zero-order chi connectivity index (χ0) is 18.6. The Kier molecular flexibility index (Phi) is 6.56. The van der Waals surface area contributed by atoms with Crippen molar-refractivity contribution in [3.63, 3.8) is 0 Å². The molecule has 1 unspecified atom stereocenters. The van der Waals surface area contributed by atoms with Gasteiger partial charge in [-0.3, -0.25) is 14.6 Å². The summed E-state index contributed by atoms with van der Waals surface area (Å²) in [6.07, 6.45) is 2.15. The van der Waals surface area contributed by atoms with Crippen LogP contribution >= 0.6 is 11.6 Å². The molecule has 0 radical (unpaired) electrons. The number of rotatable bonds is 6. The smallest absolute Gasteiger partial charge is 0.234 e. The summed E-state index contributed by atoms with van der Waals surface area (Å²) < 4.78 is 5.43. The summed E-state index contributed by atoms with van der Waals surface area (Å²) in [5.74, 6) is 0.0882. The van der Waals surface area contributed by atoms with Crippen molar-refractivity contribution in [2.45, 2.75) is 38.3 Å². The summed E-state index contributed by atoms with van der Waals surface area (Å²) in [4.78, 5) is 17.2. The Hall–Kier alpha value is -1.14. The van der Waals surface area contributed by atoms with Gasteiger partial charge in [-0.2, -0.15) is 0 Å². The molecule has 144 valence electrons. The number of hydrogen-bond donors (Lipinski definition) is 1. The molecule has 0 bridgehead atoms. The number of benzene rings is 1. The number of amides is 1. The van der Waals surface area contributed by atoms with Crippen molar-refractivity contribution in [2.75, 3.05) is 45.9 Å². The minimum absolute atomic E-state index is 0.0629. The molecular weight excluding hydrogens is 350 g/mol. The van der Waals surface area contributed by atoms with Crippen LogP contribution in [0.15, 0.2) is 24.3 Å². The van der Waals surface area contributed by atoms with Gasteiger partial charge in [-0.1, -0.05) is 29.8 Å². The third kappa shape index (κ3) is 4.77. The molecule has 2 fully saturated rings. The van der Waals surface area contributed by atoms with E-state index in [1.807, 2.05) is 18.2 Å². The van der Waals surface area contributed by atoms with Gasteiger partial charge in [-0.05, 0) is 44.9 Å². The van der Waals surface area contributed by atoms with Crippen molar-refractivity contribution < 1.29 is 9.53 Å². The Morgan fingerprint density at radius 3 is 2.73 bits per heavy atom. The maximum atomic E-state index is 12.6. The van der Waals surface area contributed by atoms with Crippen LogP contribution in [0, 0.1) is 0 Å². The lowest BCUT2D eigenvalue weighted by Gasteiger charge is -2.41. The van der Waals surface area contributed by atoms with Gasteiger partial charge in [0.2, 0.25) is 5.91 Å². The molecule has 1 amide bonds. The molecule has 2 saturated heterocycles. The number of hydrogen-bond acceptors (Lipinski definition) is 4. The number of carbonyl (C=O) groups excluding carboxylic acids is 1. The average Bonchev–Trinajstić information content (AvgIpc) is 3.09. The van der Waals surface area contributed by atoms with Crippen LogP contribution in [0.4, 0.5) is 0 Å². The van der Waals surface area contributed by atoms with Crippen molar-refractivity contribution in [3.8, 4) is 0 Å². The van der Waals surface area contributed by atoms with Crippen LogP contribution in [0.1, 0.15) is 38.3 Å². The van der Waals surface area contributed by atoms with Crippen molar-refractivity contribution in [1.29, 1.82) is 0 Å². The van der Waals surface area contributed by atoms with E-state index in [1.165, 1.54) is 0 Å². The van der Waals surface area contributed by atoms with Crippen LogP contribution in [-0.4, -0.2) is 67.2 Å². The second-order valence-corrected chi connectivity index (χ2v) is 8.25. The molecular formula is C20H30ClN3O2. The Labute approximate surface area is 161 Å². The van der Waals surface area contributed by atoms with Crippen LogP contribution in [0.2, 0.25) is 5.02 Å². The summed E-state index contributed by atoms with van der Waals surface area (Å²) >= 11 is 6.37. The highest BCUT2D eigenvalue weighted by Crippen LogP contribution is 2.35. The lowest BCUT2D eigenvalue weighted by Crippen LogP contribution is -2.56. The molecule has 26 heavy (non-hydrogen) atoms. The zero-order valence-electron chi connectivity index (χ0n) is 15.8. The van der Waals surface area contributed by atoms with E-state index in [-0.39, 0.29) is 17.5 Å². The molecule has 0 saturated carbocycles. The minimum Gasteiger partial charge on any atom is -0.379 e. The number of likely N-dealkylation sites (tertiary alicyclic amines) is 1. The highest BCUT2D eigenvalue weighted by molar-refractivity contribution is 6.31. The molecule has 1 aromatic rings. The monoisotopic (exact) mass is 379 g/mol. The van der Waals surface area contributed by atoms with E-state index in [9.17, 15) is 4.79 Å². The average molecular weight is 380 g/mol. The molecule has 2 aliphatic rings. The third-order valence-electron chi connectivity index (χ3n) is 5.56. The molecule has 2 heterocycles. The standard InChI is InChI=1S/C20H30ClN3O2/c1-20(2,24-10-12-26-13-11-24)15-22-19(25)14-23-9-5-8-18(23)16-6-3-4-7-17(16)21/h3-4,6-7,18H,5,8-15H2,1-2H3,(H,22,25). The molecule has 1 aromatic carbocycles. The largest absolute Gasteiger partial charge is 0.379 e. The predicted octanol–water partition coefficient (Wildman–Crippen LogP) is 2.70. The highest BCUT2D eigenvalue weighted by Gasteiger charge is 2.31. The van der Waals surface area contributed by atoms with E-state index < -0.39 is 0 Å². The van der Waals surface area contributed by atoms with Gasteiger partial charge >= 0.3 is 0 Å². The first-order valence-corrected chi connectivity index (χ1v) is 9.93. The number of carbonyl (C=O) groups is 1. The Morgan fingerprint density at radius 1 is 1.27 bits per heavy atom. The van der Waals surface area contributed by atoms with Crippen molar-refractivity contribution >= 4 is 17.5 Å². The molecule has 1 N–H and O–H groups in total. The number of ether oxygens (including phenoxy) is 1. The molecule has 0 aromatic heterocycles. The SMILES string of the molecule is CC(C)(CNC(=O)CN1CCCC1c1ccccc1Cl)N1CCOCC1. The van der Waals surface area contributed by atoms with Crippen LogP contribution < -0.4 is 5.32 Å². The molecule has 2 aliphatic heterocycles. The summed E-state index contributed by atoms with van der Waals surface area (Å²) in [6.45, 7) is 9.76. The van der Waals surface area contributed by atoms with Gasteiger partial charge in [0.25, 0.3) is 0 Å². The van der Waals surface area contributed by atoms with E-state index in [2.05, 4.69) is 35.0 Å². The van der Waals surface area contributed by atoms with Gasteiger partial charge < -0.3 is 10.1 Å². The summed E-state index contributed by atoms with van der Waals surface area (Å²) in [6, 6.07) is 8.21. The van der Waals surface area contributed by atoms with E-state index in [0.29, 0.717) is 13.1 Å². The lowest BCUT2D eigenvalue weighted by molar-refractivity contribution is -0.123. The predicted molar refractivity (Wildman–Crippen MR) is 104 cm³/mol. The zero-order valence-corrected chi connectivity index (χ0v) is 16.6. The van der Waals surface area contributed by atoms with E-state index >= 15 is 0 Å². The first kappa shape index (κ1) is 19.6. The molecule has 5 nitrogen and oxygen atoms in total. The first-order chi connectivity index (χ1) is 12.5. The van der Waals surface area contributed by atoms with Crippen molar-refractivity contribution in [3.05, 3.63) is 34.9 Å². The normalized spacial score (nSPS) is 22.5. The summed E-state index contributed by atoms with van der Waals surface area (Å²) in [7, 11) is 0. The van der Waals surface area contributed by atoms with Gasteiger partial charge in [-0.15, -0.1) is 0 Å². The van der Waals surface area contributed by atoms with Crippen LogP contribution in [0.3, 0.4) is 0 Å². The van der Waals surface area contributed by atoms with Crippen LogP contribution in [0.25, 0.3) is 0 Å². The van der Waals surface area contributed by atoms with Gasteiger partial charge in [-0.25, -0.2) is 0 Å². The Balaban J connectivity index is 1.53. The first-order valence-electron chi connectivity index (χ1n) is 9.55. The molecule has 6 heteroatoms. The number of nitrogens with zero attached hydrogens (tertiary/aromatic N) is 2. The Bertz CT molecular complexity index is 617. The number of morpholine rings is 1. The van der Waals surface area contributed by atoms with E-state index in [4.69, 9.17) is 16.3 Å². The van der Waals surface area contributed by atoms with Crippen molar-refractivity contribution in [2.24, 2.45) is 0 Å². The molecule has 0 aliphatic carbocycles. The van der Waals surface area contributed by atoms with Gasteiger partial charge in [0.05, 0.1) is 19.8 Å². The van der Waals surface area contributed by atoms with Crippen molar-refractivity contribution in [1.82, 2.24) is 15.1 Å². The maximum absolute atomic E-state index is 12.6. The molecule has 1 atom stereocenters. The van der Waals surface area contributed by atoms with Gasteiger partial charge in [0.15, 0.2) is 0 Å². The second kappa shape index (κ2) is 8.70. The van der Waals surface area contributed by atoms with E-state index in [0.717, 1.165) is 56.3 Å². The second-order valence-electron chi connectivity index (χ2n) is 7.84. The van der Waals surface area contributed by atoms with Crippen LogP contribution in [-0.2, 0) is 9.53 Å². The van der Waals surface area contributed by atoms with E-state index in [1.54, 1.807) is 0 Å². The highest BCUT2D eigenvalue weighted by atomic mass is 35.5. The summed E-state index contributed by atoms with van der Waals surface area (Å²) in [5, 5.41) is 3.93. The molecule has 0 spiro atoms.